The van der Waals surface area contributed by atoms with Crippen molar-refractivity contribution in [3.8, 4) is 16.9 Å². The zero-order valence-corrected chi connectivity index (χ0v) is 18.2. The Hall–Kier alpha value is -3.01. The first-order chi connectivity index (χ1) is 14.7. The molecule has 0 aliphatic rings. The van der Waals surface area contributed by atoms with Crippen LogP contribution >= 0.6 is 0 Å². The number of pyridine rings is 1. The van der Waals surface area contributed by atoms with Gasteiger partial charge in [-0.3, -0.25) is 4.98 Å². The van der Waals surface area contributed by atoms with Gasteiger partial charge in [0.15, 0.2) is 0 Å². The molecular formula is C26H31N3O. The van der Waals surface area contributed by atoms with Crippen LogP contribution in [-0.4, -0.2) is 11.6 Å². The number of benzene rings is 2. The molecule has 1 unspecified atom stereocenters. The van der Waals surface area contributed by atoms with Crippen LogP contribution in [0, 0.1) is 12.8 Å². The smallest absolute Gasteiger partial charge is 0.119 e. The van der Waals surface area contributed by atoms with E-state index in [2.05, 4.69) is 47.3 Å². The fourth-order valence-corrected chi connectivity index (χ4v) is 3.28. The molecule has 1 atom stereocenters. The Kier molecular flexibility index (Phi) is 8.13. The normalized spacial score (nSPS) is 12.2. The predicted octanol–water partition coefficient (Wildman–Crippen LogP) is 8.07. The quantitative estimate of drug-likeness (QED) is 0.322. The van der Waals surface area contributed by atoms with E-state index < -0.39 is 0 Å². The van der Waals surface area contributed by atoms with Crippen LogP contribution in [0.1, 0.15) is 45.2 Å². The minimum atomic E-state index is 0.628. The molecule has 0 amide bonds. The SMILES string of the molecule is CCCCC(CC)COc1ccc(/N=N/c2ccc(-c3ccnc(C)c3)cc2)cc1. The van der Waals surface area contributed by atoms with Crippen molar-refractivity contribution in [2.75, 3.05) is 6.61 Å². The van der Waals surface area contributed by atoms with Gasteiger partial charge in [-0.2, -0.15) is 10.2 Å². The van der Waals surface area contributed by atoms with Crippen molar-refractivity contribution in [2.45, 2.75) is 46.5 Å². The van der Waals surface area contributed by atoms with E-state index >= 15 is 0 Å². The standard InChI is InChI=1S/C26H31N3O/c1-4-6-7-21(5-2)19-30-26-14-12-25(13-15-26)29-28-24-10-8-22(9-11-24)23-16-17-27-20(3)18-23/h8-18,21H,4-7,19H2,1-3H3/b29-28+. The third-order valence-electron chi connectivity index (χ3n) is 5.24. The number of unbranched alkanes of at least 4 members (excludes halogenated alkanes) is 1. The van der Waals surface area contributed by atoms with Gasteiger partial charge in [-0.1, -0.05) is 45.2 Å². The molecule has 0 bridgehead atoms. The lowest BCUT2D eigenvalue weighted by Gasteiger charge is -2.15. The van der Waals surface area contributed by atoms with Gasteiger partial charge < -0.3 is 4.74 Å². The number of azo groups is 1. The van der Waals surface area contributed by atoms with Crippen LogP contribution in [0.2, 0.25) is 0 Å². The fourth-order valence-electron chi connectivity index (χ4n) is 3.28. The lowest BCUT2D eigenvalue weighted by Crippen LogP contribution is -2.11. The molecule has 4 heteroatoms. The first-order valence-corrected chi connectivity index (χ1v) is 10.9. The van der Waals surface area contributed by atoms with Crippen molar-refractivity contribution in [1.82, 2.24) is 4.98 Å². The first kappa shape index (κ1) is 21.7. The molecule has 0 radical (unpaired) electrons. The van der Waals surface area contributed by atoms with Crippen LogP contribution in [0.25, 0.3) is 11.1 Å². The lowest BCUT2D eigenvalue weighted by molar-refractivity contribution is 0.233. The van der Waals surface area contributed by atoms with Crippen LogP contribution < -0.4 is 4.74 Å². The van der Waals surface area contributed by atoms with Gasteiger partial charge in [0, 0.05) is 11.9 Å². The minimum absolute atomic E-state index is 0.628. The third kappa shape index (κ3) is 6.51. The van der Waals surface area contributed by atoms with Crippen molar-refractivity contribution < 1.29 is 4.74 Å². The zero-order valence-electron chi connectivity index (χ0n) is 18.2. The van der Waals surface area contributed by atoms with Crippen molar-refractivity contribution >= 4 is 11.4 Å². The number of ether oxygens (including phenoxy) is 1. The van der Waals surface area contributed by atoms with Gasteiger partial charge in [-0.25, -0.2) is 0 Å². The molecule has 1 heterocycles. The maximum absolute atomic E-state index is 5.96. The van der Waals surface area contributed by atoms with E-state index in [0.29, 0.717) is 5.92 Å². The second-order valence-corrected chi connectivity index (χ2v) is 7.65. The molecule has 4 nitrogen and oxygen atoms in total. The Morgan fingerprint density at radius 2 is 1.53 bits per heavy atom. The molecule has 3 rings (SSSR count). The summed E-state index contributed by atoms with van der Waals surface area (Å²) in [6.45, 7) is 7.24. The molecule has 3 aromatic rings. The largest absolute Gasteiger partial charge is 0.493 e. The summed E-state index contributed by atoms with van der Waals surface area (Å²) < 4.78 is 5.96. The van der Waals surface area contributed by atoms with Gasteiger partial charge in [-0.15, -0.1) is 0 Å². The Labute approximate surface area is 180 Å². The Morgan fingerprint density at radius 1 is 0.867 bits per heavy atom. The number of hydrogen-bond donors (Lipinski definition) is 0. The van der Waals surface area contributed by atoms with Gasteiger partial charge in [0.2, 0.25) is 0 Å². The van der Waals surface area contributed by atoms with Gasteiger partial charge in [0.25, 0.3) is 0 Å². The fraction of sp³-hybridized carbons (Fsp3) is 0.346. The number of aromatic nitrogens is 1. The highest BCUT2D eigenvalue weighted by Gasteiger charge is 2.07. The molecule has 0 aliphatic heterocycles. The van der Waals surface area contributed by atoms with Crippen molar-refractivity contribution in [2.24, 2.45) is 16.1 Å². The molecule has 156 valence electrons. The zero-order chi connectivity index (χ0) is 21.2. The molecule has 30 heavy (non-hydrogen) atoms. The summed E-state index contributed by atoms with van der Waals surface area (Å²) in [6.07, 6.45) is 6.73. The van der Waals surface area contributed by atoms with Gasteiger partial charge in [0.1, 0.15) is 5.75 Å². The molecule has 2 aromatic carbocycles. The highest BCUT2D eigenvalue weighted by atomic mass is 16.5. The summed E-state index contributed by atoms with van der Waals surface area (Å²) in [6, 6.07) is 20.0. The van der Waals surface area contributed by atoms with Crippen molar-refractivity contribution in [1.29, 1.82) is 0 Å². The Bertz CT molecular complexity index is 933. The van der Waals surface area contributed by atoms with Crippen LogP contribution in [0.3, 0.4) is 0 Å². The number of aryl methyl sites for hydroxylation is 1. The lowest BCUT2D eigenvalue weighted by atomic mass is 10.0. The average Bonchev–Trinajstić information content (AvgIpc) is 2.79. The average molecular weight is 402 g/mol. The molecule has 0 fully saturated rings. The van der Waals surface area contributed by atoms with Crippen molar-refractivity contribution in [3.05, 3.63) is 72.6 Å². The predicted molar refractivity (Wildman–Crippen MR) is 124 cm³/mol. The summed E-state index contributed by atoms with van der Waals surface area (Å²) in [5.41, 5.74) is 4.95. The molecule has 1 aromatic heterocycles. The van der Waals surface area contributed by atoms with E-state index in [4.69, 9.17) is 4.74 Å². The number of hydrogen-bond acceptors (Lipinski definition) is 4. The first-order valence-electron chi connectivity index (χ1n) is 10.9. The highest BCUT2D eigenvalue weighted by molar-refractivity contribution is 5.65. The summed E-state index contributed by atoms with van der Waals surface area (Å²) in [5, 5.41) is 8.70. The second kappa shape index (κ2) is 11.2. The molecule has 0 spiro atoms. The summed E-state index contributed by atoms with van der Waals surface area (Å²) in [5.74, 6) is 1.52. The summed E-state index contributed by atoms with van der Waals surface area (Å²) in [4.78, 5) is 4.25. The van der Waals surface area contributed by atoms with E-state index in [1.807, 2.05) is 55.6 Å². The minimum Gasteiger partial charge on any atom is -0.493 e. The van der Waals surface area contributed by atoms with E-state index in [-0.39, 0.29) is 0 Å². The van der Waals surface area contributed by atoms with Gasteiger partial charge >= 0.3 is 0 Å². The van der Waals surface area contributed by atoms with Crippen molar-refractivity contribution in [3.63, 3.8) is 0 Å². The monoisotopic (exact) mass is 401 g/mol. The second-order valence-electron chi connectivity index (χ2n) is 7.65. The highest BCUT2D eigenvalue weighted by Crippen LogP contribution is 2.25. The number of rotatable bonds is 10. The van der Waals surface area contributed by atoms with E-state index in [9.17, 15) is 0 Å². The molecule has 0 saturated heterocycles. The Balaban J connectivity index is 1.56. The van der Waals surface area contributed by atoms with Crippen LogP contribution in [-0.2, 0) is 0 Å². The molecular weight excluding hydrogens is 370 g/mol. The van der Waals surface area contributed by atoms with Gasteiger partial charge in [-0.05, 0) is 78.9 Å². The van der Waals surface area contributed by atoms with Crippen LogP contribution in [0.5, 0.6) is 5.75 Å². The van der Waals surface area contributed by atoms with Crippen LogP contribution in [0.15, 0.2) is 77.1 Å². The van der Waals surface area contributed by atoms with Gasteiger partial charge in [0.05, 0.1) is 18.0 Å². The van der Waals surface area contributed by atoms with E-state index in [1.54, 1.807) is 0 Å². The Morgan fingerprint density at radius 3 is 2.13 bits per heavy atom. The molecule has 0 aliphatic carbocycles. The molecule has 0 N–H and O–H groups in total. The maximum Gasteiger partial charge on any atom is 0.119 e. The summed E-state index contributed by atoms with van der Waals surface area (Å²) >= 11 is 0. The maximum atomic E-state index is 5.96. The third-order valence-corrected chi connectivity index (χ3v) is 5.24. The number of nitrogens with zero attached hydrogens (tertiary/aromatic N) is 3. The molecule has 0 saturated carbocycles. The van der Waals surface area contributed by atoms with E-state index in [0.717, 1.165) is 47.0 Å². The topological polar surface area (TPSA) is 46.8 Å². The summed E-state index contributed by atoms with van der Waals surface area (Å²) in [7, 11) is 0. The van der Waals surface area contributed by atoms with E-state index in [1.165, 1.54) is 19.3 Å². The van der Waals surface area contributed by atoms with Crippen LogP contribution in [0.4, 0.5) is 11.4 Å².